The number of benzene rings is 1. The van der Waals surface area contributed by atoms with Crippen LogP contribution in [0.2, 0.25) is 0 Å². The maximum atomic E-state index is 12.5. The van der Waals surface area contributed by atoms with Gasteiger partial charge in [0.2, 0.25) is 11.8 Å². The average Bonchev–Trinajstić information content (AvgIpc) is 3.27. The number of oxazole rings is 1. The van der Waals surface area contributed by atoms with Crippen molar-refractivity contribution in [3.63, 3.8) is 0 Å². The summed E-state index contributed by atoms with van der Waals surface area (Å²) in [7, 11) is 0. The molecule has 1 aromatic heterocycles. The van der Waals surface area contributed by atoms with Crippen molar-refractivity contribution in [2.45, 2.75) is 51.5 Å². The second-order valence-electron chi connectivity index (χ2n) is 6.86. The standard InChI is InChI=1S/C21H26N2O2/c1-4-5-13-18(24)23-14-9-12-17(23)21-22-19(20(25-21)15(2)3)16-10-7-6-8-11-16/h4,6-8,10-11,15,17H,1,5,9,12-14H2,2-3H3/t17-/m0/s1. The van der Waals surface area contributed by atoms with Crippen LogP contribution in [0.25, 0.3) is 11.3 Å². The smallest absolute Gasteiger partial charge is 0.223 e. The summed E-state index contributed by atoms with van der Waals surface area (Å²) in [5.41, 5.74) is 1.96. The van der Waals surface area contributed by atoms with Gasteiger partial charge in [-0.25, -0.2) is 4.98 Å². The minimum absolute atomic E-state index is 0.0488. The molecule has 4 nitrogen and oxygen atoms in total. The SMILES string of the molecule is C=CCCC(=O)N1CCC[C@H]1c1nc(-c2ccccc2)c(C(C)C)o1. The van der Waals surface area contributed by atoms with Gasteiger partial charge in [0.15, 0.2) is 0 Å². The number of rotatable bonds is 6. The predicted octanol–water partition coefficient (Wildman–Crippen LogP) is 5.09. The molecule has 1 aromatic carbocycles. The van der Waals surface area contributed by atoms with E-state index >= 15 is 0 Å². The van der Waals surface area contributed by atoms with E-state index in [2.05, 4.69) is 32.6 Å². The predicted molar refractivity (Wildman–Crippen MR) is 99.1 cm³/mol. The lowest BCUT2D eigenvalue weighted by atomic mass is 10.0. The molecule has 1 aliphatic heterocycles. The fraction of sp³-hybridized carbons (Fsp3) is 0.429. The first-order chi connectivity index (χ1) is 12.1. The van der Waals surface area contributed by atoms with E-state index in [0.717, 1.165) is 36.4 Å². The number of amides is 1. The van der Waals surface area contributed by atoms with E-state index in [1.807, 2.05) is 23.1 Å². The fourth-order valence-electron chi connectivity index (χ4n) is 3.38. The number of carbonyl (C=O) groups is 1. The molecule has 0 bridgehead atoms. The van der Waals surface area contributed by atoms with Crippen molar-refractivity contribution in [3.05, 3.63) is 54.6 Å². The molecule has 4 heteroatoms. The number of allylic oxidation sites excluding steroid dienone is 1. The fourth-order valence-corrected chi connectivity index (χ4v) is 3.38. The Labute approximate surface area is 149 Å². The Morgan fingerprint density at radius 1 is 1.40 bits per heavy atom. The Morgan fingerprint density at radius 3 is 2.84 bits per heavy atom. The van der Waals surface area contributed by atoms with Crippen LogP contribution in [0.15, 0.2) is 47.4 Å². The molecule has 132 valence electrons. The van der Waals surface area contributed by atoms with Crippen LogP contribution in [0.1, 0.15) is 63.1 Å². The van der Waals surface area contributed by atoms with Crippen LogP contribution < -0.4 is 0 Å². The zero-order chi connectivity index (χ0) is 17.8. The Morgan fingerprint density at radius 2 is 2.16 bits per heavy atom. The van der Waals surface area contributed by atoms with Crippen LogP contribution in [0.3, 0.4) is 0 Å². The third-order valence-corrected chi connectivity index (χ3v) is 4.66. The van der Waals surface area contributed by atoms with Crippen LogP contribution in [0, 0.1) is 0 Å². The molecule has 0 unspecified atom stereocenters. The van der Waals surface area contributed by atoms with E-state index in [9.17, 15) is 4.79 Å². The van der Waals surface area contributed by atoms with Gasteiger partial charge in [-0.1, -0.05) is 50.3 Å². The Hall–Kier alpha value is -2.36. The van der Waals surface area contributed by atoms with Gasteiger partial charge in [0.05, 0.1) is 0 Å². The molecule has 0 spiro atoms. The van der Waals surface area contributed by atoms with Crippen LogP contribution in [-0.4, -0.2) is 22.3 Å². The van der Waals surface area contributed by atoms with Crippen molar-refractivity contribution in [1.82, 2.24) is 9.88 Å². The quantitative estimate of drug-likeness (QED) is 0.689. The molecule has 0 aliphatic carbocycles. The number of hydrogen-bond acceptors (Lipinski definition) is 3. The highest BCUT2D eigenvalue weighted by atomic mass is 16.4. The normalized spacial score (nSPS) is 17.2. The van der Waals surface area contributed by atoms with Gasteiger partial charge in [0.25, 0.3) is 0 Å². The molecule has 1 amide bonds. The molecule has 0 radical (unpaired) electrons. The highest BCUT2D eigenvalue weighted by Gasteiger charge is 2.34. The summed E-state index contributed by atoms with van der Waals surface area (Å²) in [6.45, 7) is 8.70. The molecule has 2 heterocycles. The lowest BCUT2D eigenvalue weighted by Crippen LogP contribution is -2.30. The van der Waals surface area contributed by atoms with E-state index in [4.69, 9.17) is 9.40 Å². The highest BCUT2D eigenvalue weighted by Crippen LogP contribution is 2.37. The van der Waals surface area contributed by atoms with Crippen LogP contribution in [0.4, 0.5) is 0 Å². The summed E-state index contributed by atoms with van der Waals surface area (Å²) in [4.78, 5) is 19.2. The maximum Gasteiger partial charge on any atom is 0.223 e. The van der Waals surface area contributed by atoms with Gasteiger partial charge in [0.1, 0.15) is 17.5 Å². The molecule has 1 fully saturated rings. The number of nitrogens with zero attached hydrogens (tertiary/aromatic N) is 2. The van der Waals surface area contributed by atoms with Crippen molar-refractivity contribution >= 4 is 5.91 Å². The summed E-state index contributed by atoms with van der Waals surface area (Å²) in [5, 5.41) is 0. The molecule has 3 rings (SSSR count). The summed E-state index contributed by atoms with van der Waals surface area (Å²) in [6, 6.07) is 10.1. The van der Waals surface area contributed by atoms with E-state index in [-0.39, 0.29) is 17.9 Å². The van der Waals surface area contributed by atoms with E-state index in [1.165, 1.54) is 0 Å². The minimum Gasteiger partial charge on any atom is -0.442 e. The number of aromatic nitrogens is 1. The molecule has 0 N–H and O–H groups in total. The number of likely N-dealkylation sites (tertiary alicyclic amines) is 1. The van der Waals surface area contributed by atoms with Crippen LogP contribution >= 0.6 is 0 Å². The van der Waals surface area contributed by atoms with Gasteiger partial charge < -0.3 is 9.32 Å². The van der Waals surface area contributed by atoms with Gasteiger partial charge in [-0.2, -0.15) is 0 Å². The van der Waals surface area contributed by atoms with Crippen molar-refractivity contribution in [1.29, 1.82) is 0 Å². The number of hydrogen-bond donors (Lipinski definition) is 0. The molecule has 25 heavy (non-hydrogen) atoms. The summed E-state index contributed by atoms with van der Waals surface area (Å²) < 4.78 is 6.17. The second-order valence-corrected chi connectivity index (χ2v) is 6.86. The molecular weight excluding hydrogens is 312 g/mol. The first-order valence-electron chi connectivity index (χ1n) is 9.08. The minimum atomic E-state index is -0.0488. The summed E-state index contributed by atoms with van der Waals surface area (Å²) >= 11 is 0. The average molecular weight is 338 g/mol. The summed E-state index contributed by atoms with van der Waals surface area (Å²) in [5.74, 6) is 1.97. The van der Waals surface area contributed by atoms with Crippen molar-refractivity contribution in [3.8, 4) is 11.3 Å². The number of carbonyl (C=O) groups excluding carboxylic acids is 1. The van der Waals surface area contributed by atoms with Crippen molar-refractivity contribution in [2.75, 3.05) is 6.54 Å². The van der Waals surface area contributed by atoms with Crippen LogP contribution in [-0.2, 0) is 4.79 Å². The van der Waals surface area contributed by atoms with Gasteiger partial charge in [-0.15, -0.1) is 6.58 Å². The Bertz CT molecular complexity index is 734. The Kier molecular flexibility index (Phi) is 5.37. The summed E-state index contributed by atoms with van der Waals surface area (Å²) in [6.07, 6.45) is 4.90. The monoisotopic (exact) mass is 338 g/mol. The van der Waals surface area contributed by atoms with Gasteiger partial charge in [-0.05, 0) is 19.3 Å². The molecular formula is C21H26N2O2. The second kappa shape index (κ2) is 7.68. The lowest BCUT2D eigenvalue weighted by Gasteiger charge is -2.22. The largest absolute Gasteiger partial charge is 0.442 e. The zero-order valence-electron chi connectivity index (χ0n) is 15.1. The maximum absolute atomic E-state index is 12.5. The van der Waals surface area contributed by atoms with Crippen molar-refractivity contribution < 1.29 is 9.21 Å². The molecule has 1 atom stereocenters. The first-order valence-corrected chi connectivity index (χ1v) is 9.08. The van der Waals surface area contributed by atoms with Crippen LogP contribution in [0.5, 0.6) is 0 Å². The topological polar surface area (TPSA) is 46.3 Å². The third kappa shape index (κ3) is 3.68. The van der Waals surface area contributed by atoms with E-state index in [0.29, 0.717) is 18.7 Å². The zero-order valence-corrected chi connectivity index (χ0v) is 15.1. The lowest BCUT2D eigenvalue weighted by molar-refractivity contribution is -0.132. The first kappa shape index (κ1) is 17.5. The van der Waals surface area contributed by atoms with E-state index < -0.39 is 0 Å². The van der Waals surface area contributed by atoms with Gasteiger partial charge in [-0.3, -0.25) is 4.79 Å². The molecule has 1 saturated heterocycles. The molecule has 1 aliphatic rings. The molecule has 0 saturated carbocycles. The highest BCUT2D eigenvalue weighted by molar-refractivity contribution is 5.77. The van der Waals surface area contributed by atoms with E-state index in [1.54, 1.807) is 6.08 Å². The third-order valence-electron chi connectivity index (χ3n) is 4.66. The van der Waals surface area contributed by atoms with Crippen molar-refractivity contribution in [2.24, 2.45) is 0 Å². The van der Waals surface area contributed by atoms with Gasteiger partial charge >= 0.3 is 0 Å². The van der Waals surface area contributed by atoms with Gasteiger partial charge in [0, 0.05) is 24.4 Å². The Balaban J connectivity index is 1.92. The molecule has 2 aromatic rings.